The molecule has 0 fully saturated rings. The maximum Gasteiger partial charge on any atom is 0.124 e. The second-order valence-corrected chi connectivity index (χ2v) is 5.89. The van der Waals surface area contributed by atoms with Crippen molar-refractivity contribution in [2.24, 2.45) is 0 Å². The molecule has 0 atom stereocenters. The van der Waals surface area contributed by atoms with Gasteiger partial charge < -0.3 is 4.57 Å². The molecule has 102 valence electrons. The number of fused-ring (bicyclic) bond motifs is 1. The van der Waals surface area contributed by atoms with Crippen LogP contribution in [0.25, 0.3) is 11.0 Å². The zero-order valence-electron chi connectivity index (χ0n) is 11.3. The van der Waals surface area contributed by atoms with Gasteiger partial charge in [-0.15, -0.1) is 0 Å². The Morgan fingerprint density at radius 3 is 2.65 bits per heavy atom. The predicted octanol–water partition coefficient (Wildman–Crippen LogP) is 4.60. The van der Waals surface area contributed by atoms with Gasteiger partial charge in [-0.3, -0.25) is 0 Å². The number of rotatable bonds is 2. The number of halogens is 2. The number of hydrogen-bond acceptors (Lipinski definition) is 1. The lowest BCUT2D eigenvalue weighted by Gasteiger charge is -2.08. The molecule has 1 heterocycles. The number of hydrogen-bond donors (Lipinski definition) is 0. The van der Waals surface area contributed by atoms with Crippen molar-refractivity contribution in [3.63, 3.8) is 0 Å². The van der Waals surface area contributed by atoms with E-state index in [9.17, 15) is 4.39 Å². The molecule has 0 aliphatic heterocycles. The third-order valence-corrected chi connectivity index (χ3v) is 4.33. The fraction of sp³-hybridized carbons (Fsp3) is 0.188. The third-order valence-electron chi connectivity index (χ3n) is 3.59. The van der Waals surface area contributed by atoms with Crippen LogP contribution in [0.2, 0.25) is 0 Å². The highest BCUT2D eigenvalue weighted by Gasteiger charge is 2.08. The molecule has 2 aromatic carbocycles. The van der Waals surface area contributed by atoms with Gasteiger partial charge in [0.2, 0.25) is 0 Å². The molecule has 2 nitrogen and oxygen atoms in total. The van der Waals surface area contributed by atoms with Gasteiger partial charge in [0.25, 0.3) is 0 Å². The lowest BCUT2D eigenvalue weighted by Crippen LogP contribution is -1.99. The highest BCUT2D eigenvalue weighted by atomic mass is 79.9. The molecule has 0 radical (unpaired) electrons. The van der Waals surface area contributed by atoms with Crippen molar-refractivity contribution in [3.05, 3.63) is 63.6 Å². The first-order valence-corrected chi connectivity index (χ1v) is 7.20. The molecule has 0 amide bonds. The van der Waals surface area contributed by atoms with Gasteiger partial charge in [0, 0.05) is 4.47 Å². The van der Waals surface area contributed by atoms with E-state index >= 15 is 0 Å². The first-order valence-electron chi connectivity index (χ1n) is 6.40. The predicted molar refractivity (Wildman–Crippen MR) is 82.4 cm³/mol. The highest BCUT2D eigenvalue weighted by molar-refractivity contribution is 9.10. The SMILES string of the molecule is Cc1cc2ncn(Cc3ccc(F)cc3Br)c2cc1C. The molecular formula is C16H14BrFN2. The summed E-state index contributed by atoms with van der Waals surface area (Å²) in [7, 11) is 0. The lowest BCUT2D eigenvalue weighted by atomic mass is 10.1. The highest BCUT2D eigenvalue weighted by Crippen LogP contribution is 2.23. The van der Waals surface area contributed by atoms with Gasteiger partial charge in [-0.25, -0.2) is 9.37 Å². The first kappa shape index (κ1) is 13.3. The standard InChI is InChI=1S/C16H14BrFN2/c1-10-5-15-16(6-11(10)2)20(9-19-15)8-12-3-4-13(18)7-14(12)17/h3-7,9H,8H2,1-2H3. The molecule has 1 aromatic heterocycles. The van der Waals surface area contributed by atoms with E-state index in [2.05, 4.69) is 51.5 Å². The Hall–Kier alpha value is -1.68. The van der Waals surface area contributed by atoms with Gasteiger partial charge in [-0.1, -0.05) is 22.0 Å². The molecular weight excluding hydrogens is 319 g/mol. The zero-order valence-corrected chi connectivity index (χ0v) is 12.9. The van der Waals surface area contributed by atoms with Gasteiger partial charge >= 0.3 is 0 Å². The van der Waals surface area contributed by atoms with Gasteiger partial charge in [-0.2, -0.15) is 0 Å². The molecule has 0 aliphatic rings. The van der Waals surface area contributed by atoms with Crippen molar-refractivity contribution < 1.29 is 4.39 Å². The Bertz CT molecular complexity index is 793. The van der Waals surface area contributed by atoms with Crippen LogP contribution in [-0.2, 0) is 6.54 Å². The summed E-state index contributed by atoms with van der Waals surface area (Å²) >= 11 is 3.41. The third kappa shape index (κ3) is 2.36. The molecule has 0 aliphatic carbocycles. The van der Waals surface area contributed by atoms with Crippen LogP contribution in [0.3, 0.4) is 0 Å². The quantitative estimate of drug-likeness (QED) is 0.670. The first-order chi connectivity index (χ1) is 9.54. The van der Waals surface area contributed by atoms with E-state index in [1.165, 1.54) is 23.3 Å². The number of nitrogens with zero attached hydrogens (tertiary/aromatic N) is 2. The number of imidazole rings is 1. The minimum atomic E-state index is -0.234. The Labute approximate surface area is 125 Å². The zero-order chi connectivity index (χ0) is 14.3. The second kappa shape index (κ2) is 5.02. The Balaban J connectivity index is 2.04. The van der Waals surface area contributed by atoms with E-state index < -0.39 is 0 Å². The number of aryl methyl sites for hydroxylation is 2. The smallest absolute Gasteiger partial charge is 0.124 e. The Kier molecular flexibility index (Phi) is 3.34. The molecule has 0 spiro atoms. The molecule has 4 heteroatoms. The van der Waals surface area contributed by atoms with Crippen LogP contribution in [0, 0.1) is 19.7 Å². The topological polar surface area (TPSA) is 17.8 Å². The maximum absolute atomic E-state index is 13.1. The average Bonchev–Trinajstić information content (AvgIpc) is 2.76. The van der Waals surface area contributed by atoms with Crippen molar-refractivity contribution >= 4 is 27.0 Å². The summed E-state index contributed by atoms with van der Waals surface area (Å²) in [6, 6.07) is 9.01. The van der Waals surface area contributed by atoms with Crippen molar-refractivity contribution in [3.8, 4) is 0 Å². The molecule has 0 saturated heterocycles. The molecule has 0 N–H and O–H groups in total. The summed E-state index contributed by atoms with van der Waals surface area (Å²) in [6.45, 7) is 4.85. The fourth-order valence-corrected chi connectivity index (χ4v) is 2.75. The number of benzene rings is 2. The molecule has 0 saturated carbocycles. The lowest BCUT2D eigenvalue weighted by molar-refractivity contribution is 0.625. The minimum absolute atomic E-state index is 0.234. The van der Waals surface area contributed by atoms with E-state index in [1.54, 1.807) is 6.07 Å². The van der Waals surface area contributed by atoms with E-state index in [4.69, 9.17) is 0 Å². The Morgan fingerprint density at radius 1 is 1.15 bits per heavy atom. The van der Waals surface area contributed by atoms with Crippen molar-refractivity contribution in [2.75, 3.05) is 0 Å². The molecule has 20 heavy (non-hydrogen) atoms. The summed E-state index contributed by atoms with van der Waals surface area (Å²) in [4.78, 5) is 4.44. The van der Waals surface area contributed by atoms with Gasteiger partial charge in [0.1, 0.15) is 5.82 Å². The van der Waals surface area contributed by atoms with E-state index in [0.717, 1.165) is 21.1 Å². The van der Waals surface area contributed by atoms with Crippen LogP contribution in [0.4, 0.5) is 4.39 Å². The minimum Gasteiger partial charge on any atom is -0.326 e. The Morgan fingerprint density at radius 2 is 1.90 bits per heavy atom. The molecule has 0 bridgehead atoms. The molecule has 3 aromatic rings. The average molecular weight is 333 g/mol. The van der Waals surface area contributed by atoms with Crippen LogP contribution in [0.15, 0.2) is 41.1 Å². The van der Waals surface area contributed by atoms with Crippen molar-refractivity contribution in [1.29, 1.82) is 0 Å². The van der Waals surface area contributed by atoms with E-state index in [0.29, 0.717) is 6.54 Å². The second-order valence-electron chi connectivity index (χ2n) is 5.03. The maximum atomic E-state index is 13.1. The summed E-state index contributed by atoms with van der Waals surface area (Å²) in [5, 5.41) is 0. The summed E-state index contributed by atoms with van der Waals surface area (Å²) in [5.74, 6) is -0.234. The van der Waals surface area contributed by atoms with Crippen molar-refractivity contribution in [2.45, 2.75) is 20.4 Å². The van der Waals surface area contributed by atoms with Crippen LogP contribution >= 0.6 is 15.9 Å². The van der Waals surface area contributed by atoms with Gasteiger partial charge in [0.05, 0.1) is 23.9 Å². The van der Waals surface area contributed by atoms with Crippen molar-refractivity contribution in [1.82, 2.24) is 9.55 Å². The van der Waals surface area contributed by atoms with Crippen LogP contribution in [0.1, 0.15) is 16.7 Å². The summed E-state index contributed by atoms with van der Waals surface area (Å²) in [6.07, 6.45) is 1.83. The summed E-state index contributed by atoms with van der Waals surface area (Å²) in [5.41, 5.74) is 5.61. The monoisotopic (exact) mass is 332 g/mol. The van der Waals surface area contributed by atoms with Crippen LogP contribution in [-0.4, -0.2) is 9.55 Å². The van der Waals surface area contributed by atoms with Crippen LogP contribution < -0.4 is 0 Å². The van der Waals surface area contributed by atoms with E-state index in [1.807, 2.05) is 6.33 Å². The van der Waals surface area contributed by atoms with Gasteiger partial charge in [0.15, 0.2) is 0 Å². The molecule has 0 unspecified atom stereocenters. The van der Waals surface area contributed by atoms with Gasteiger partial charge in [-0.05, 0) is 54.8 Å². The largest absolute Gasteiger partial charge is 0.326 e. The summed E-state index contributed by atoms with van der Waals surface area (Å²) < 4.78 is 16.0. The van der Waals surface area contributed by atoms with Crippen LogP contribution in [0.5, 0.6) is 0 Å². The fourth-order valence-electron chi connectivity index (χ4n) is 2.27. The number of aromatic nitrogens is 2. The molecule has 3 rings (SSSR count). The van der Waals surface area contributed by atoms with E-state index in [-0.39, 0.29) is 5.82 Å². The normalized spacial score (nSPS) is 11.2.